The summed E-state index contributed by atoms with van der Waals surface area (Å²) >= 11 is 0. The van der Waals surface area contributed by atoms with Crippen LogP contribution in [0.2, 0.25) is 0 Å². The first kappa shape index (κ1) is 11.2. The molecular formula is C10H13N3O2. The van der Waals surface area contributed by atoms with Gasteiger partial charge < -0.3 is 10.4 Å². The van der Waals surface area contributed by atoms with Crippen LogP contribution < -0.4 is 5.32 Å². The van der Waals surface area contributed by atoms with Gasteiger partial charge in [0, 0.05) is 12.2 Å². The average molecular weight is 207 g/mol. The molecule has 0 aliphatic carbocycles. The molecule has 0 unspecified atom stereocenters. The van der Waals surface area contributed by atoms with Crippen LogP contribution in [0.3, 0.4) is 0 Å². The number of aromatic carboxylic acids is 1. The minimum atomic E-state index is -1.05. The van der Waals surface area contributed by atoms with Gasteiger partial charge in [-0.1, -0.05) is 12.2 Å². The molecule has 5 heteroatoms. The molecule has 5 nitrogen and oxygen atoms in total. The summed E-state index contributed by atoms with van der Waals surface area (Å²) in [7, 11) is 0. The Morgan fingerprint density at radius 3 is 2.93 bits per heavy atom. The number of carboxylic acids is 1. The van der Waals surface area contributed by atoms with Gasteiger partial charge in [0.05, 0.1) is 0 Å². The van der Waals surface area contributed by atoms with E-state index < -0.39 is 5.97 Å². The van der Waals surface area contributed by atoms with Gasteiger partial charge in [0.2, 0.25) is 5.95 Å². The maximum absolute atomic E-state index is 10.7. The molecule has 0 saturated heterocycles. The van der Waals surface area contributed by atoms with Crippen molar-refractivity contribution < 1.29 is 9.90 Å². The number of rotatable bonds is 4. The summed E-state index contributed by atoms with van der Waals surface area (Å²) in [4.78, 5) is 18.6. The lowest BCUT2D eigenvalue weighted by Crippen LogP contribution is -2.09. The summed E-state index contributed by atoms with van der Waals surface area (Å²) in [6.45, 7) is 4.22. The Bertz CT molecular complexity index is 388. The molecule has 0 aliphatic heterocycles. The molecule has 0 aromatic carbocycles. The number of aryl methyl sites for hydroxylation is 1. The van der Waals surface area contributed by atoms with E-state index in [1.54, 1.807) is 6.92 Å². The third-order valence-corrected chi connectivity index (χ3v) is 1.69. The molecule has 0 atom stereocenters. The third-order valence-electron chi connectivity index (χ3n) is 1.69. The van der Waals surface area contributed by atoms with Gasteiger partial charge in [-0.15, -0.1) is 0 Å². The molecule has 15 heavy (non-hydrogen) atoms. The fraction of sp³-hybridized carbons (Fsp3) is 0.300. The van der Waals surface area contributed by atoms with Crippen LogP contribution >= 0.6 is 0 Å². The number of nitrogens with zero attached hydrogens (tertiary/aromatic N) is 2. The Kier molecular flexibility index (Phi) is 3.79. The van der Waals surface area contributed by atoms with Crippen LogP contribution in [0.25, 0.3) is 0 Å². The number of carbonyl (C=O) groups is 1. The largest absolute Gasteiger partial charge is 0.477 e. The maximum atomic E-state index is 10.7. The van der Waals surface area contributed by atoms with Crippen LogP contribution in [-0.2, 0) is 0 Å². The molecule has 80 valence electrons. The van der Waals surface area contributed by atoms with Crippen LogP contribution in [0.5, 0.6) is 0 Å². The second-order valence-corrected chi connectivity index (χ2v) is 2.97. The Hall–Kier alpha value is -1.91. The highest BCUT2D eigenvalue weighted by Gasteiger charge is 2.07. The molecule has 0 spiro atoms. The van der Waals surface area contributed by atoms with Gasteiger partial charge in [0.25, 0.3) is 0 Å². The van der Waals surface area contributed by atoms with Crippen molar-refractivity contribution >= 4 is 11.9 Å². The summed E-state index contributed by atoms with van der Waals surface area (Å²) in [5.74, 6) is -0.708. The number of nitrogens with one attached hydrogen (secondary N) is 1. The van der Waals surface area contributed by atoms with Crippen molar-refractivity contribution in [1.29, 1.82) is 0 Å². The van der Waals surface area contributed by atoms with Gasteiger partial charge in [-0.25, -0.2) is 14.8 Å². The van der Waals surface area contributed by atoms with E-state index in [1.165, 1.54) is 6.07 Å². The molecule has 1 rings (SSSR count). The topological polar surface area (TPSA) is 75.1 Å². The maximum Gasteiger partial charge on any atom is 0.354 e. The van der Waals surface area contributed by atoms with Crippen molar-refractivity contribution in [3.63, 3.8) is 0 Å². The van der Waals surface area contributed by atoms with E-state index >= 15 is 0 Å². The first-order chi connectivity index (χ1) is 7.13. The monoisotopic (exact) mass is 207 g/mol. The van der Waals surface area contributed by atoms with Crippen molar-refractivity contribution in [1.82, 2.24) is 9.97 Å². The first-order valence-electron chi connectivity index (χ1n) is 4.57. The number of aromatic nitrogens is 2. The van der Waals surface area contributed by atoms with Crippen LogP contribution in [0.4, 0.5) is 5.95 Å². The highest BCUT2D eigenvalue weighted by Crippen LogP contribution is 2.04. The van der Waals surface area contributed by atoms with Gasteiger partial charge in [0.1, 0.15) is 0 Å². The summed E-state index contributed by atoms with van der Waals surface area (Å²) in [5, 5.41) is 11.7. The lowest BCUT2D eigenvalue weighted by atomic mass is 10.3. The molecule has 1 heterocycles. The Morgan fingerprint density at radius 1 is 1.60 bits per heavy atom. The van der Waals surface area contributed by atoms with Gasteiger partial charge in [0.15, 0.2) is 5.69 Å². The van der Waals surface area contributed by atoms with Crippen molar-refractivity contribution in [3.05, 3.63) is 29.6 Å². The third kappa shape index (κ3) is 3.38. The molecule has 0 aliphatic rings. The summed E-state index contributed by atoms with van der Waals surface area (Å²) in [6, 6.07) is 1.43. The normalized spacial score (nSPS) is 10.5. The Morgan fingerprint density at radius 2 is 2.33 bits per heavy atom. The Labute approximate surface area is 87.9 Å². The fourth-order valence-corrected chi connectivity index (χ4v) is 1.03. The van der Waals surface area contributed by atoms with Crippen molar-refractivity contribution in [2.75, 3.05) is 11.9 Å². The zero-order valence-corrected chi connectivity index (χ0v) is 8.69. The van der Waals surface area contributed by atoms with E-state index in [4.69, 9.17) is 5.11 Å². The first-order valence-corrected chi connectivity index (χ1v) is 4.57. The average Bonchev–Trinajstić information content (AvgIpc) is 2.17. The van der Waals surface area contributed by atoms with E-state index in [0.29, 0.717) is 18.2 Å². The molecule has 0 fully saturated rings. The molecule has 1 aromatic heterocycles. The lowest BCUT2D eigenvalue weighted by molar-refractivity contribution is 0.0690. The summed E-state index contributed by atoms with van der Waals surface area (Å²) < 4.78 is 0. The van der Waals surface area contributed by atoms with Gasteiger partial charge in [-0.05, 0) is 19.9 Å². The smallest absolute Gasteiger partial charge is 0.354 e. The predicted octanol–water partition coefficient (Wildman–Crippen LogP) is 1.47. The second kappa shape index (κ2) is 5.09. The second-order valence-electron chi connectivity index (χ2n) is 2.97. The van der Waals surface area contributed by atoms with Crippen molar-refractivity contribution in [3.8, 4) is 0 Å². The molecule has 0 saturated carbocycles. The Balaban J connectivity index is 2.84. The predicted molar refractivity (Wildman–Crippen MR) is 57.0 cm³/mol. The highest BCUT2D eigenvalue weighted by molar-refractivity contribution is 5.85. The van der Waals surface area contributed by atoms with Crippen LogP contribution in [0.15, 0.2) is 18.2 Å². The van der Waals surface area contributed by atoms with E-state index in [9.17, 15) is 4.79 Å². The SMILES string of the molecule is C/C=C/CNc1nc(C)cc(C(=O)O)n1. The van der Waals surface area contributed by atoms with E-state index in [1.807, 2.05) is 19.1 Å². The quantitative estimate of drug-likeness (QED) is 0.731. The summed E-state index contributed by atoms with van der Waals surface area (Å²) in [6.07, 6.45) is 3.78. The molecule has 0 amide bonds. The van der Waals surface area contributed by atoms with Crippen LogP contribution in [0.1, 0.15) is 23.1 Å². The number of carboxylic acid groups (broad SMARTS) is 1. The molecule has 1 aromatic rings. The van der Waals surface area contributed by atoms with Gasteiger partial charge in [-0.2, -0.15) is 0 Å². The van der Waals surface area contributed by atoms with Gasteiger partial charge >= 0.3 is 5.97 Å². The molecule has 0 radical (unpaired) electrons. The number of hydrogen-bond donors (Lipinski definition) is 2. The standard InChI is InChI=1S/C10H13N3O2/c1-3-4-5-11-10-12-7(2)6-8(13-10)9(14)15/h3-4,6H,5H2,1-2H3,(H,14,15)(H,11,12,13)/b4-3+. The van der Waals surface area contributed by atoms with Crippen LogP contribution in [0, 0.1) is 6.92 Å². The lowest BCUT2D eigenvalue weighted by Gasteiger charge is -2.03. The zero-order chi connectivity index (χ0) is 11.3. The van der Waals surface area contributed by atoms with Crippen LogP contribution in [-0.4, -0.2) is 27.6 Å². The number of allylic oxidation sites excluding steroid dienone is 1. The summed E-state index contributed by atoms with van der Waals surface area (Å²) in [5.41, 5.74) is 0.635. The van der Waals surface area contributed by atoms with Gasteiger partial charge in [-0.3, -0.25) is 0 Å². The molecule has 2 N–H and O–H groups in total. The minimum absolute atomic E-state index is 0.00507. The zero-order valence-electron chi connectivity index (χ0n) is 8.69. The van der Waals surface area contributed by atoms with E-state index in [0.717, 1.165) is 0 Å². The number of hydrogen-bond acceptors (Lipinski definition) is 4. The minimum Gasteiger partial charge on any atom is -0.477 e. The molecular weight excluding hydrogens is 194 g/mol. The number of anilines is 1. The van der Waals surface area contributed by atoms with Crippen molar-refractivity contribution in [2.24, 2.45) is 0 Å². The van der Waals surface area contributed by atoms with Crippen molar-refractivity contribution in [2.45, 2.75) is 13.8 Å². The van der Waals surface area contributed by atoms with E-state index in [-0.39, 0.29) is 5.69 Å². The molecule has 0 bridgehead atoms. The highest BCUT2D eigenvalue weighted by atomic mass is 16.4. The van der Waals surface area contributed by atoms with E-state index in [2.05, 4.69) is 15.3 Å². The fourth-order valence-electron chi connectivity index (χ4n) is 1.03.